The second kappa shape index (κ2) is 6.18. The monoisotopic (exact) mass is 346 g/mol. The van der Waals surface area contributed by atoms with Crippen LogP contribution in [0.1, 0.15) is 4.88 Å². The quantitative estimate of drug-likeness (QED) is 0.812. The molecular weight excluding hydrogens is 332 g/mol. The van der Waals surface area contributed by atoms with Crippen LogP contribution < -0.4 is 5.73 Å². The van der Waals surface area contributed by atoms with Crippen LogP contribution in [0.4, 0.5) is 5.82 Å². The zero-order valence-electron chi connectivity index (χ0n) is 11.4. The standard InChI is InChI=1S/C12H15ClN4O2S2/c1-3-6-17(7-9-4-5-10(13)20-9)21(18,19)12-11(14)15-8-16(12)2/h3-5,8H,1,6-7,14H2,2H3. The van der Waals surface area contributed by atoms with E-state index < -0.39 is 10.0 Å². The van der Waals surface area contributed by atoms with Gasteiger partial charge in [0.15, 0.2) is 10.8 Å². The van der Waals surface area contributed by atoms with Crippen LogP contribution in [-0.4, -0.2) is 28.8 Å². The predicted octanol–water partition coefficient (Wildman–Crippen LogP) is 2.09. The summed E-state index contributed by atoms with van der Waals surface area (Å²) in [6, 6.07) is 3.53. The van der Waals surface area contributed by atoms with Crippen LogP contribution in [0.25, 0.3) is 0 Å². The van der Waals surface area contributed by atoms with Crippen molar-refractivity contribution in [1.82, 2.24) is 13.9 Å². The van der Waals surface area contributed by atoms with Gasteiger partial charge in [-0.15, -0.1) is 17.9 Å². The molecule has 2 rings (SSSR count). The zero-order valence-corrected chi connectivity index (χ0v) is 13.7. The fourth-order valence-electron chi connectivity index (χ4n) is 1.88. The molecule has 0 fully saturated rings. The molecule has 21 heavy (non-hydrogen) atoms. The maximum absolute atomic E-state index is 12.7. The molecule has 9 heteroatoms. The number of imidazole rings is 1. The van der Waals surface area contributed by atoms with E-state index in [0.29, 0.717) is 4.34 Å². The van der Waals surface area contributed by atoms with E-state index in [1.54, 1.807) is 19.2 Å². The number of aromatic nitrogens is 2. The average Bonchev–Trinajstić information content (AvgIpc) is 2.95. The number of thiophene rings is 1. The maximum Gasteiger partial charge on any atom is 0.263 e. The molecule has 0 atom stereocenters. The summed E-state index contributed by atoms with van der Waals surface area (Å²) in [5.41, 5.74) is 5.68. The van der Waals surface area contributed by atoms with Crippen molar-refractivity contribution in [2.45, 2.75) is 11.6 Å². The molecule has 6 nitrogen and oxygen atoms in total. The topological polar surface area (TPSA) is 81.2 Å². The highest BCUT2D eigenvalue weighted by atomic mass is 35.5. The molecular formula is C12H15ClN4O2S2. The molecule has 0 saturated carbocycles. The highest BCUT2D eigenvalue weighted by Crippen LogP contribution is 2.26. The van der Waals surface area contributed by atoms with E-state index in [-0.39, 0.29) is 23.9 Å². The van der Waals surface area contributed by atoms with E-state index in [0.717, 1.165) is 4.88 Å². The van der Waals surface area contributed by atoms with Crippen molar-refractivity contribution in [1.29, 1.82) is 0 Å². The van der Waals surface area contributed by atoms with Crippen LogP contribution >= 0.6 is 22.9 Å². The lowest BCUT2D eigenvalue weighted by Gasteiger charge is -2.20. The summed E-state index contributed by atoms with van der Waals surface area (Å²) in [6.45, 7) is 3.98. The van der Waals surface area contributed by atoms with Crippen molar-refractivity contribution >= 4 is 38.8 Å². The Balaban J connectivity index is 2.39. The fraction of sp³-hybridized carbons (Fsp3) is 0.250. The number of halogens is 1. The third-order valence-electron chi connectivity index (χ3n) is 2.79. The molecule has 0 aromatic carbocycles. The van der Waals surface area contributed by atoms with E-state index in [1.165, 1.54) is 32.6 Å². The van der Waals surface area contributed by atoms with Gasteiger partial charge in [0, 0.05) is 25.0 Å². The first kappa shape index (κ1) is 16.0. The molecule has 114 valence electrons. The van der Waals surface area contributed by atoms with Gasteiger partial charge in [-0.05, 0) is 12.1 Å². The van der Waals surface area contributed by atoms with E-state index in [9.17, 15) is 8.42 Å². The third-order valence-corrected chi connectivity index (χ3v) is 5.95. The number of nitrogen functional groups attached to an aromatic ring is 1. The van der Waals surface area contributed by atoms with Gasteiger partial charge >= 0.3 is 0 Å². The molecule has 0 aliphatic heterocycles. The minimum absolute atomic E-state index is 0.0178. The summed E-state index contributed by atoms with van der Waals surface area (Å²) < 4.78 is 28.8. The minimum Gasteiger partial charge on any atom is -0.381 e. The second-order valence-electron chi connectivity index (χ2n) is 4.34. The summed E-state index contributed by atoms with van der Waals surface area (Å²) in [7, 11) is -2.18. The minimum atomic E-state index is -3.77. The number of hydrogen-bond acceptors (Lipinski definition) is 5. The van der Waals surface area contributed by atoms with E-state index in [1.807, 2.05) is 0 Å². The van der Waals surface area contributed by atoms with Gasteiger partial charge in [-0.1, -0.05) is 17.7 Å². The summed E-state index contributed by atoms with van der Waals surface area (Å²) in [4.78, 5) is 4.67. The van der Waals surface area contributed by atoms with Gasteiger partial charge in [0.2, 0.25) is 0 Å². The fourth-order valence-corrected chi connectivity index (χ4v) is 4.64. The number of anilines is 1. The third kappa shape index (κ3) is 3.29. The normalized spacial score (nSPS) is 12.0. The van der Waals surface area contributed by atoms with E-state index >= 15 is 0 Å². The van der Waals surface area contributed by atoms with Crippen LogP contribution in [0.15, 0.2) is 36.1 Å². The number of aryl methyl sites for hydroxylation is 1. The summed E-state index contributed by atoms with van der Waals surface area (Å²) in [5, 5.41) is -0.0213. The highest BCUT2D eigenvalue weighted by Gasteiger charge is 2.29. The number of sulfonamides is 1. The molecule has 0 saturated heterocycles. The Kier molecular flexibility index (Phi) is 4.72. The van der Waals surface area contributed by atoms with Gasteiger partial charge in [-0.2, -0.15) is 4.31 Å². The Morgan fingerprint density at radius 3 is 2.76 bits per heavy atom. The van der Waals surface area contributed by atoms with Crippen LogP contribution in [0.3, 0.4) is 0 Å². The Bertz CT molecular complexity index is 732. The number of nitrogens with two attached hydrogens (primary N) is 1. The van der Waals surface area contributed by atoms with Crippen molar-refractivity contribution in [2.75, 3.05) is 12.3 Å². The predicted molar refractivity (Wildman–Crippen MR) is 84.7 cm³/mol. The smallest absolute Gasteiger partial charge is 0.263 e. The Morgan fingerprint density at radius 1 is 1.57 bits per heavy atom. The zero-order chi connectivity index (χ0) is 15.6. The van der Waals surface area contributed by atoms with Gasteiger partial charge in [0.25, 0.3) is 10.0 Å². The molecule has 0 spiro atoms. The highest BCUT2D eigenvalue weighted by molar-refractivity contribution is 7.89. The molecule has 2 N–H and O–H groups in total. The molecule has 0 radical (unpaired) electrons. The first-order chi connectivity index (χ1) is 9.86. The Hall–Kier alpha value is -1.35. The largest absolute Gasteiger partial charge is 0.381 e. The lowest BCUT2D eigenvalue weighted by atomic mass is 10.4. The molecule has 0 unspecified atom stereocenters. The molecule has 2 aromatic rings. The van der Waals surface area contributed by atoms with Crippen molar-refractivity contribution in [2.24, 2.45) is 7.05 Å². The molecule has 0 aliphatic rings. The van der Waals surface area contributed by atoms with Crippen LogP contribution in [0.2, 0.25) is 4.34 Å². The molecule has 2 aromatic heterocycles. The van der Waals surface area contributed by atoms with Crippen LogP contribution in [0.5, 0.6) is 0 Å². The lowest BCUT2D eigenvalue weighted by Crippen LogP contribution is -2.32. The maximum atomic E-state index is 12.7. The lowest BCUT2D eigenvalue weighted by molar-refractivity contribution is 0.436. The van der Waals surface area contributed by atoms with Gasteiger partial charge < -0.3 is 10.3 Å². The molecule has 0 amide bonds. The number of nitrogens with zero attached hydrogens (tertiary/aromatic N) is 3. The van der Waals surface area contributed by atoms with Crippen LogP contribution in [0, 0.1) is 0 Å². The van der Waals surface area contributed by atoms with Gasteiger partial charge in [-0.3, -0.25) is 0 Å². The van der Waals surface area contributed by atoms with Gasteiger partial charge in [0.05, 0.1) is 10.7 Å². The van der Waals surface area contributed by atoms with Crippen molar-refractivity contribution in [3.8, 4) is 0 Å². The molecule has 2 heterocycles. The SMILES string of the molecule is C=CCN(Cc1ccc(Cl)s1)S(=O)(=O)c1c(N)ncn1C. The van der Waals surface area contributed by atoms with Crippen molar-refractivity contribution < 1.29 is 8.42 Å². The first-order valence-electron chi connectivity index (χ1n) is 5.98. The Morgan fingerprint density at radius 2 is 2.29 bits per heavy atom. The second-order valence-corrected chi connectivity index (χ2v) is 7.99. The number of rotatable bonds is 6. The Labute approximate surface area is 132 Å². The molecule has 0 aliphatic carbocycles. The first-order valence-corrected chi connectivity index (χ1v) is 8.61. The summed E-state index contributed by atoms with van der Waals surface area (Å²) in [5.74, 6) is -0.0178. The van der Waals surface area contributed by atoms with E-state index in [2.05, 4.69) is 11.6 Å². The van der Waals surface area contributed by atoms with Crippen molar-refractivity contribution in [3.63, 3.8) is 0 Å². The van der Waals surface area contributed by atoms with Crippen molar-refractivity contribution in [3.05, 3.63) is 40.3 Å². The van der Waals surface area contributed by atoms with Gasteiger partial charge in [0.1, 0.15) is 0 Å². The van der Waals surface area contributed by atoms with Crippen LogP contribution in [-0.2, 0) is 23.6 Å². The average molecular weight is 347 g/mol. The summed E-state index contributed by atoms with van der Waals surface area (Å²) in [6.07, 6.45) is 2.90. The number of hydrogen-bond donors (Lipinski definition) is 1. The summed E-state index contributed by atoms with van der Waals surface area (Å²) >= 11 is 7.22. The molecule has 0 bridgehead atoms. The van der Waals surface area contributed by atoms with Gasteiger partial charge in [-0.25, -0.2) is 13.4 Å². The van der Waals surface area contributed by atoms with E-state index in [4.69, 9.17) is 17.3 Å².